The largest absolute Gasteiger partial charge is 0.394 e. The summed E-state index contributed by atoms with van der Waals surface area (Å²) >= 11 is 1.35. The summed E-state index contributed by atoms with van der Waals surface area (Å²) in [5.41, 5.74) is 11.1. The van der Waals surface area contributed by atoms with E-state index in [1.807, 2.05) is 0 Å². The van der Waals surface area contributed by atoms with E-state index in [-0.39, 0.29) is 5.88 Å². The van der Waals surface area contributed by atoms with Crippen LogP contribution in [0.2, 0.25) is 0 Å². The molecule has 0 unspecified atom stereocenters. The molecule has 2 heterocycles. The standard InChI is InChI=1S/C16H27N5O6S/c1-8(23)12(18)14(25)19-13(24)11-6-28-7-21(11)16(27)10-3-2-4-20(10)15(26)9(17)5-22/h8-12,22-23H,2-7,17-18H2,1H3,(H,19,24,25)/t8-,9+,10+,11+,12+/m1/s1. The Labute approximate surface area is 166 Å². The van der Waals surface area contributed by atoms with Crippen molar-refractivity contribution in [1.29, 1.82) is 0 Å². The van der Waals surface area contributed by atoms with Gasteiger partial charge in [-0.15, -0.1) is 11.8 Å². The molecule has 0 saturated carbocycles. The second-order valence-corrected chi connectivity index (χ2v) is 7.92. The molecule has 0 aromatic carbocycles. The van der Waals surface area contributed by atoms with Crippen LogP contribution in [-0.4, -0.2) is 98.7 Å². The first kappa shape index (κ1) is 22.6. The van der Waals surface area contributed by atoms with Gasteiger partial charge in [-0.25, -0.2) is 0 Å². The van der Waals surface area contributed by atoms with Crippen LogP contribution in [0, 0.1) is 0 Å². The number of rotatable bonds is 6. The van der Waals surface area contributed by atoms with E-state index in [0.29, 0.717) is 25.1 Å². The number of aliphatic hydroxyl groups is 2. The molecule has 5 atom stereocenters. The minimum Gasteiger partial charge on any atom is -0.394 e. The van der Waals surface area contributed by atoms with Gasteiger partial charge in [-0.3, -0.25) is 24.5 Å². The van der Waals surface area contributed by atoms with Gasteiger partial charge in [-0.1, -0.05) is 0 Å². The third-order valence-electron chi connectivity index (χ3n) is 4.87. The zero-order valence-corrected chi connectivity index (χ0v) is 16.4. The van der Waals surface area contributed by atoms with Crippen molar-refractivity contribution in [2.45, 2.75) is 50.0 Å². The lowest BCUT2D eigenvalue weighted by Crippen LogP contribution is -2.57. The number of carbonyl (C=O) groups is 4. The number of carbonyl (C=O) groups excluding carboxylic acids is 4. The number of thioether (sulfide) groups is 1. The minimum absolute atomic E-state index is 0.248. The highest BCUT2D eigenvalue weighted by molar-refractivity contribution is 7.99. The molecule has 0 bridgehead atoms. The van der Waals surface area contributed by atoms with Gasteiger partial charge in [0.25, 0.3) is 0 Å². The van der Waals surface area contributed by atoms with Crippen molar-refractivity contribution >= 4 is 35.4 Å². The normalized spacial score (nSPS) is 25.3. The molecule has 11 nitrogen and oxygen atoms in total. The number of nitrogens with one attached hydrogen (secondary N) is 1. The van der Waals surface area contributed by atoms with Gasteiger partial charge in [-0.05, 0) is 19.8 Å². The molecule has 4 amide bonds. The summed E-state index contributed by atoms with van der Waals surface area (Å²) in [5.74, 6) is -1.86. The number of aliphatic hydroxyl groups excluding tert-OH is 2. The minimum atomic E-state index is -1.26. The Hall–Kier alpha value is -1.73. The molecule has 2 fully saturated rings. The average Bonchev–Trinajstić information content (AvgIpc) is 3.34. The van der Waals surface area contributed by atoms with Crippen molar-refractivity contribution in [3.63, 3.8) is 0 Å². The van der Waals surface area contributed by atoms with E-state index in [4.69, 9.17) is 16.6 Å². The van der Waals surface area contributed by atoms with Crippen LogP contribution in [0.1, 0.15) is 19.8 Å². The molecular weight excluding hydrogens is 390 g/mol. The number of hydrogen-bond acceptors (Lipinski definition) is 9. The van der Waals surface area contributed by atoms with E-state index in [9.17, 15) is 24.3 Å². The Bertz CT molecular complexity index is 633. The van der Waals surface area contributed by atoms with Crippen molar-refractivity contribution < 1.29 is 29.4 Å². The van der Waals surface area contributed by atoms with Crippen molar-refractivity contribution in [3.05, 3.63) is 0 Å². The maximum atomic E-state index is 13.0. The highest BCUT2D eigenvalue weighted by Gasteiger charge is 2.43. The van der Waals surface area contributed by atoms with Crippen LogP contribution in [0.5, 0.6) is 0 Å². The van der Waals surface area contributed by atoms with E-state index < -0.39 is 60.5 Å². The van der Waals surface area contributed by atoms with Crippen molar-refractivity contribution in [3.8, 4) is 0 Å². The number of amides is 4. The van der Waals surface area contributed by atoms with Gasteiger partial charge in [0.05, 0.1) is 18.6 Å². The molecule has 0 spiro atoms. The Morgan fingerprint density at radius 1 is 1.21 bits per heavy atom. The summed E-state index contributed by atoms with van der Waals surface area (Å²) in [6.45, 7) is 1.16. The number of imide groups is 1. The average molecular weight is 417 g/mol. The van der Waals surface area contributed by atoms with Crippen LogP contribution < -0.4 is 16.8 Å². The maximum absolute atomic E-state index is 13.0. The summed E-state index contributed by atoms with van der Waals surface area (Å²) in [6, 6.07) is -3.99. The van der Waals surface area contributed by atoms with Crippen LogP contribution in [0.15, 0.2) is 0 Å². The molecule has 2 saturated heterocycles. The first-order valence-corrected chi connectivity index (χ1v) is 10.2. The van der Waals surface area contributed by atoms with E-state index in [1.165, 1.54) is 28.5 Å². The number of nitrogens with two attached hydrogens (primary N) is 2. The fourth-order valence-corrected chi connectivity index (χ4v) is 4.32. The first-order chi connectivity index (χ1) is 13.2. The maximum Gasteiger partial charge on any atom is 0.250 e. The quantitative estimate of drug-likeness (QED) is 0.294. The summed E-state index contributed by atoms with van der Waals surface area (Å²) in [7, 11) is 0. The van der Waals surface area contributed by atoms with Crippen molar-refractivity contribution in [2.75, 3.05) is 24.8 Å². The molecule has 28 heavy (non-hydrogen) atoms. The lowest BCUT2D eigenvalue weighted by atomic mass is 10.1. The third-order valence-corrected chi connectivity index (χ3v) is 5.88. The molecule has 0 radical (unpaired) electrons. The summed E-state index contributed by atoms with van der Waals surface area (Å²) in [5, 5.41) is 20.6. The molecular formula is C16H27N5O6S. The monoisotopic (exact) mass is 417 g/mol. The van der Waals surface area contributed by atoms with E-state index >= 15 is 0 Å². The molecule has 0 aromatic rings. The van der Waals surface area contributed by atoms with Gasteiger partial charge in [0.15, 0.2) is 0 Å². The van der Waals surface area contributed by atoms with Crippen LogP contribution in [0.4, 0.5) is 0 Å². The van der Waals surface area contributed by atoms with Crippen molar-refractivity contribution in [2.24, 2.45) is 11.5 Å². The van der Waals surface area contributed by atoms with E-state index in [1.54, 1.807) is 0 Å². The van der Waals surface area contributed by atoms with Crippen LogP contribution >= 0.6 is 11.8 Å². The molecule has 2 rings (SSSR count). The summed E-state index contributed by atoms with van der Waals surface area (Å²) < 4.78 is 0. The van der Waals surface area contributed by atoms with Gasteiger partial charge in [0.1, 0.15) is 24.2 Å². The smallest absolute Gasteiger partial charge is 0.250 e. The zero-order chi connectivity index (χ0) is 21.0. The molecule has 12 heteroatoms. The van der Waals surface area contributed by atoms with E-state index in [0.717, 1.165) is 0 Å². The molecule has 158 valence electrons. The van der Waals surface area contributed by atoms with Gasteiger partial charge in [-0.2, -0.15) is 0 Å². The fraction of sp³-hybridized carbons (Fsp3) is 0.750. The molecule has 0 aliphatic carbocycles. The summed E-state index contributed by atoms with van der Waals surface area (Å²) in [6.07, 6.45) is -0.0820. The van der Waals surface area contributed by atoms with Gasteiger partial charge >= 0.3 is 0 Å². The van der Waals surface area contributed by atoms with Crippen molar-refractivity contribution in [1.82, 2.24) is 15.1 Å². The second-order valence-electron chi connectivity index (χ2n) is 6.92. The molecule has 2 aliphatic rings. The second kappa shape index (κ2) is 9.65. The summed E-state index contributed by atoms with van der Waals surface area (Å²) in [4.78, 5) is 52.4. The fourth-order valence-electron chi connectivity index (χ4n) is 3.15. The first-order valence-electron chi connectivity index (χ1n) is 9.02. The Morgan fingerprint density at radius 3 is 2.50 bits per heavy atom. The third kappa shape index (κ3) is 4.81. The molecule has 2 aliphatic heterocycles. The lowest BCUT2D eigenvalue weighted by molar-refractivity contribution is -0.147. The highest BCUT2D eigenvalue weighted by atomic mass is 32.2. The Kier molecular flexibility index (Phi) is 7.78. The lowest BCUT2D eigenvalue weighted by Gasteiger charge is -2.31. The highest BCUT2D eigenvalue weighted by Crippen LogP contribution is 2.27. The Morgan fingerprint density at radius 2 is 1.89 bits per heavy atom. The molecule has 7 N–H and O–H groups in total. The van der Waals surface area contributed by atoms with Gasteiger partial charge in [0, 0.05) is 12.3 Å². The van der Waals surface area contributed by atoms with Gasteiger partial charge in [0.2, 0.25) is 23.6 Å². The molecule has 0 aromatic heterocycles. The Balaban J connectivity index is 2.06. The van der Waals surface area contributed by atoms with Crippen LogP contribution in [-0.2, 0) is 19.2 Å². The topological polar surface area (TPSA) is 179 Å². The predicted molar refractivity (Wildman–Crippen MR) is 101 cm³/mol. The van der Waals surface area contributed by atoms with Crippen LogP contribution in [0.3, 0.4) is 0 Å². The number of nitrogens with zero attached hydrogens (tertiary/aromatic N) is 2. The van der Waals surface area contributed by atoms with Gasteiger partial charge < -0.3 is 31.5 Å². The number of likely N-dealkylation sites (tertiary alicyclic amines) is 1. The SMILES string of the molecule is C[C@@H](O)[C@H](N)C(=O)NC(=O)[C@@H]1CSCN1C(=O)[C@@H]1CCCN1C(=O)[C@@H](N)CO. The van der Waals surface area contributed by atoms with E-state index in [2.05, 4.69) is 5.32 Å². The number of hydrogen-bond donors (Lipinski definition) is 5. The zero-order valence-electron chi connectivity index (χ0n) is 15.6. The van der Waals surface area contributed by atoms with Crippen LogP contribution in [0.25, 0.3) is 0 Å². The predicted octanol–water partition coefficient (Wildman–Crippen LogP) is -3.45.